The van der Waals surface area contributed by atoms with Crippen LogP contribution in [0.2, 0.25) is 5.02 Å². The maximum atomic E-state index is 14.5. The molecule has 2 saturated carbocycles. The number of piperidine rings is 1. The molecule has 1 saturated heterocycles. The summed E-state index contributed by atoms with van der Waals surface area (Å²) in [6.45, 7) is 3.49. The minimum Gasteiger partial charge on any atom is -0.306 e. The Balaban J connectivity index is 1.32. The lowest BCUT2D eigenvalue weighted by atomic mass is 9.72. The number of carbonyl (C=O) groups excluding carboxylic acids is 1. The minimum atomic E-state index is -4.55. The summed E-state index contributed by atoms with van der Waals surface area (Å²) in [7, 11) is 2.13. The molecule has 208 valence electrons. The summed E-state index contributed by atoms with van der Waals surface area (Å²) in [4.78, 5) is 15.3. The van der Waals surface area contributed by atoms with Crippen molar-refractivity contribution >= 4 is 17.4 Å². The Hall–Kier alpha value is -1.93. The highest BCUT2D eigenvalue weighted by Crippen LogP contribution is 2.53. The van der Waals surface area contributed by atoms with E-state index in [1.54, 1.807) is 6.07 Å². The van der Waals surface area contributed by atoms with Crippen molar-refractivity contribution in [3.8, 4) is 0 Å². The molecule has 2 aromatic rings. The summed E-state index contributed by atoms with van der Waals surface area (Å²) >= 11 is 6.74. The third-order valence-electron chi connectivity index (χ3n) is 9.02. The number of nitrogens with zero attached hydrogens (tertiary/aromatic N) is 3. The molecule has 2 heterocycles. The van der Waals surface area contributed by atoms with Gasteiger partial charge in [0.15, 0.2) is 5.78 Å². The van der Waals surface area contributed by atoms with Crippen molar-refractivity contribution in [1.29, 1.82) is 0 Å². The van der Waals surface area contributed by atoms with Crippen molar-refractivity contribution in [3.63, 3.8) is 0 Å². The highest BCUT2D eigenvalue weighted by molar-refractivity contribution is 6.32. The normalized spacial score (nSPS) is 25.3. The van der Waals surface area contributed by atoms with E-state index in [9.17, 15) is 22.4 Å². The number of ketones is 1. The van der Waals surface area contributed by atoms with Crippen LogP contribution in [0, 0.1) is 30.5 Å². The summed E-state index contributed by atoms with van der Waals surface area (Å²) < 4.78 is 56.2. The van der Waals surface area contributed by atoms with Crippen LogP contribution in [0.3, 0.4) is 0 Å². The van der Waals surface area contributed by atoms with Crippen molar-refractivity contribution in [2.75, 3.05) is 20.1 Å². The van der Waals surface area contributed by atoms with Crippen LogP contribution in [-0.4, -0.2) is 40.6 Å². The molecule has 38 heavy (non-hydrogen) atoms. The maximum absolute atomic E-state index is 14.5. The molecule has 9 heteroatoms. The topological polar surface area (TPSA) is 38.1 Å². The van der Waals surface area contributed by atoms with Crippen LogP contribution in [0.1, 0.15) is 85.7 Å². The fourth-order valence-electron chi connectivity index (χ4n) is 6.86. The Morgan fingerprint density at radius 2 is 1.79 bits per heavy atom. The van der Waals surface area contributed by atoms with Crippen LogP contribution in [0.15, 0.2) is 18.2 Å². The summed E-state index contributed by atoms with van der Waals surface area (Å²) in [5.74, 6) is 0.531. The number of benzene rings is 1. The van der Waals surface area contributed by atoms with Crippen LogP contribution in [-0.2, 0) is 17.5 Å². The monoisotopic (exact) mass is 553 g/mol. The summed E-state index contributed by atoms with van der Waals surface area (Å²) in [5.41, 5.74) is 1.10. The Morgan fingerprint density at radius 3 is 2.45 bits per heavy atom. The fraction of sp³-hybridized carbons (Fsp3) is 0.655. The molecule has 1 aliphatic heterocycles. The van der Waals surface area contributed by atoms with Crippen molar-refractivity contribution in [2.45, 2.75) is 82.8 Å². The van der Waals surface area contributed by atoms with E-state index in [1.807, 2.05) is 6.92 Å². The minimum absolute atomic E-state index is 0.0371. The van der Waals surface area contributed by atoms with Gasteiger partial charge in [0, 0.05) is 17.4 Å². The molecule has 3 atom stereocenters. The molecular formula is C29H36ClF4N3O. The molecule has 5 rings (SSSR count). The number of aryl methyl sites for hydroxylation is 1. The van der Waals surface area contributed by atoms with Gasteiger partial charge in [-0.2, -0.15) is 18.3 Å². The first-order valence-corrected chi connectivity index (χ1v) is 14.2. The zero-order valence-corrected chi connectivity index (χ0v) is 22.8. The first kappa shape index (κ1) is 27.6. The third kappa shape index (κ3) is 5.96. The number of aromatic nitrogens is 2. The van der Waals surface area contributed by atoms with Gasteiger partial charge in [-0.15, -0.1) is 0 Å². The zero-order valence-electron chi connectivity index (χ0n) is 22.0. The zero-order chi connectivity index (χ0) is 27.2. The number of hydrogen-bond acceptors (Lipinski definition) is 3. The Labute approximate surface area is 226 Å². The van der Waals surface area contributed by atoms with E-state index in [-0.39, 0.29) is 42.3 Å². The molecule has 0 spiro atoms. The van der Waals surface area contributed by atoms with Gasteiger partial charge in [0.2, 0.25) is 0 Å². The van der Waals surface area contributed by atoms with E-state index in [2.05, 4.69) is 17.0 Å². The molecular weight excluding hydrogens is 518 g/mol. The van der Waals surface area contributed by atoms with Crippen molar-refractivity contribution in [3.05, 3.63) is 51.6 Å². The van der Waals surface area contributed by atoms with Gasteiger partial charge in [-0.3, -0.25) is 9.48 Å². The van der Waals surface area contributed by atoms with Crippen LogP contribution >= 0.6 is 11.6 Å². The number of Topliss-reactive ketones (excluding diaryl/α,β-unsaturated/α-hetero) is 1. The Morgan fingerprint density at radius 1 is 1.08 bits per heavy atom. The summed E-state index contributed by atoms with van der Waals surface area (Å²) in [6, 6.07) is 4.10. The largest absolute Gasteiger partial charge is 0.433 e. The highest BCUT2D eigenvalue weighted by Gasteiger charge is 2.43. The van der Waals surface area contributed by atoms with Crippen LogP contribution in [0.5, 0.6) is 0 Å². The molecule has 3 fully saturated rings. The predicted molar refractivity (Wildman–Crippen MR) is 139 cm³/mol. The van der Waals surface area contributed by atoms with Crippen molar-refractivity contribution in [1.82, 2.24) is 14.7 Å². The highest BCUT2D eigenvalue weighted by atomic mass is 35.5. The number of halogens is 5. The lowest BCUT2D eigenvalue weighted by Gasteiger charge is -2.37. The molecule has 0 N–H and O–H groups in total. The molecule has 2 aliphatic carbocycles. The van der Waals surface area contributed by atoms with E-state index in [0.29, 0.717) is 34.5 Å². The fourth-order valence-corrected chi connectivity index (χ4v) is 7.09. The van der Waals surface area contributed by atoms with Gasteiger partial charge in [0.25, 0.3) is 0 Å². The first-order valence-electron chi connectivity index (χ1n) is 13.8. The van der Waals surface area contributed by atoms with Gasteiger partial charge < -0.3 is 4.90 Å². The van der Waals surface area contributed by atoms with Crippen molar-refractivity contribution in [2.24, 2.45) is 17.8 Å². The second-order valence-electron chi connectivity index (χ2n) is 11.8. The molecule has 1 aromatic heterocycles. The average Bonchev–Trinajstić information content (AvgIpc) is 3.47. The smallest absolute Gasteiger partial charge is 0.306 e. The SMILES string of the molecule is Cc1cc(F)cc([C@H]2C(CCC(=O)Cn3nc(C4CC4)cc3C(F)(F)F)CC[C@H]2C2CCN(C)CC2)c1Cl. The number of alkyl halides is 3. The number of likely N-dealkylation sites (tertiary alicyclic amines) is 1. The van der Waals surface area contributed by atoms with E-state index in [4.69, 9.17) is 11.6 Å². The van der Waals surface area contributed by atoms with Crippen LogP contribution < -0.4 is 0 Å². The number of carbonyl (C=O) groups is 1. The van der Waals surface area contributed by atoms with Crippen molar-refractivity contribution < 1.29 is 22.4 Å². The molecule has 0 amide bonds. The van der Waals surface area contributed by atoms with E-state index < -0.39 is 11.9 Å². The number of hydrogen-bond donors (Lipinski definition) is 0. The van der Waals surface area contributed by atoms with E-state index in [0.717, 1.165) is 67.9 Å². The summed E-state index contributed by atoms with van der Waals surface area (Å²) in [5, 5.41) is 4.73. The predicted octanol–water partition coefficient (Wildman–Crippen LogP) is 7.38. The molecule has 0 radical (unpaired) electrons. The second-order valence-corrected chi connectivity index (χ2v) is 12.1. The number of rotatable bonds is 8. The quantitative estimate of drug-likeness (QED) is 0.320. The summed E-state index contributed by atoms with van der Waals surface area (Å²) in [6.07, 6.45) is 1.91. The second kappa shape index (κ2) is 10.9. The van der Waals surface area contributed by atoms with Gasteiger partial charge in [0.05, 0.1) is 5.69 Å². The van der Waals surface area contributed by atoms with Gasteiger partial charge in [-0.1, -0.05) is 11.6 Å². The molecule has 0 bridgehead atoms. The van der Waals surface area contributed by atoms with Gasteiger partial charge in [-0.05, 0) is 125 Å². The van der Waals surface area contributed by atoms with Gasteiger partial charge in [0.1, 0.15) is 18.1 Å². The van der Waals surface area contributed by atoms with E-state index in [1.165, 1.54) is 6.07 Å². The average molecular weight is 554 g/mol. The van der Waals surface area contributed by atoms with E-state index >= 15 is 0 Å². The molecule has 1 aromatic carbocycles. The molecule has 1 unspecified atom stereocenters. The first-order chi connectivity index (χ1) is 18.0. The van der Waals surface area contributed by atoms with Crippen LogP contribution in [0.4, 0.5) is 17.6 Å². The lowest BCUT2D eigenvalue weighted by Crippen LogP contribution is -2.34. The molecule has 4 nitrogen and oxygen atoms in total. The van der Waals surface area contributed by atoms with Crippen LogP contribution in [0.25, 0.3) is 0 Å². The Bertz CT molecular complexity index is 1170. The maximum Gasteiger partial charge on any atom is 0.433 e. The molecule has 3 aliphatic rings. The standard InChI is InChI=1S/C29H36ClF4N3O/c1-17-13-21(31)14-24(28(17)30)27-20(6-8-23(27)18-9-11-36(2)12-10-18)5-7-22(38)16-37-26(29(32,33)34)15-25(35-37)19-3-4-19/h13-15,18-20,23,27H,3-12,16H2,1-2H3/t20?,23-,27-/m0/s1. The lowest BCUT2D eigenvalue weighted by molar-refractivity contribution is -0.144. The Kier molecular flexibility index (Phi) is 7.94. The third-order valence-corrected chi connectivity index (χ3v) is 9.54. The van der Waals surface area contributed by atoms with Gasteiger partial charge >= 0.3 is 6.18 Å². The van der Waals surface area contributed by atoms with Gasteiger partial charge in [-0.25, -0.2) is 4.39 Å².